The van der Waals surface area contributed by atoms with Crippen molar-refractivity contribution in [3.63, 3.8) is 0 Å². The van der Waals surface area contributed by atoms with Gasteiger partial charge in [-0.05, 0) is 12.1 Å². The number of furan rings is 1. The van der Waals surface area contributed by atoms with Crippen LogP contribution in [0.15, 0.2) is 22.8 Å². The number of rotatable bonds is 3. The molecule has 1 atom stereocenters. The number of ether oxygens (including phenoxy) is 1. The number of carbonyl (C=O) groups is 2. The lowest BCUT2D eigenvalue weighted by molar-refractivity contribution is -0.153. The quantitative estimate of drug-likeness (QED) is 0.834. The van der Waals surface area contributed by atoms with Gasteiger partial charge in [-0.1, -0.05) is 0 Å². The molecule has 1 fully saturated rings. The second kappa shape index (κ2) is 5.29. The molecule has 0 saturated carbocycles. The Hall–Kier alpha value is -2.05. The summed E-state index contributed by atoms with van der Waals surface area (Å²) < 4.78 is 23.6. The molecule has 0 aliphatic carbocycles. The summed E-state index contributed by atoms with van der Waals surface area (Å²) in [5.74, 6) is -0.333. The number of nitrogens with one attached hydrogen (secondary N) is 1. The van der Waals surface area contributed by atoms with Crippen molar-refractivity contribution in [1.82, 2.24) is 10.2 Å². The summed E-state index contributed by atoms with van der Waals surface area (Å²) in [6, 6.07) is 3.00. The van der Waals surface area contributed by atoms with Crippen LogP contribution in [0.4, 0.5) is 9.18 Å². The molecule has 0 spiro atoms. The molecule has 2 rings (SSSR count). The Bertz CT molecular complexity index is 462. The van der Waals surface area contributed by atoms with E-state index >= 15 is 0 Å². The molecule has 1 aromatic heterocycles. The molecule has 6 nitrogen and oxygen atoms in total. The van der Waals surface area contributed by atoms with Crippen LogP contribution in [-0.2, 0) is 16.1 Å². The van der Waals surface area contributed by atoms with E-state index in [2.05, 4.69) is 10.1 Å². The first kappa shape index (κ1) is 13.4. The zero-order valence-electron chi connectivity index (χ0n) is 10.5. The molecule has 2 amide bonds. The maximum atomic E-state index is 14.1. The molecule has 0 aromatic carbocycles. The summed E-state index contributed by atoms with van der Waals surface area (Å²) in [6.45, 7) is 0.110. The first-order valence-corrected chi connectivity index (χ1v) is 5.88. The normalized spacial score (nSPS) is 22.3. The van der Waals surface area contributed by atoms with Crippen molar-refractivity contribution in [2.75, 3.05) is 20.2 Å². The molecule has 104 valence electrons. The standard InChI is InChI=1S/C12H15FN2O4/c1-18-10(16)12(13)4-5-15(8-12)11(17)14-7-9-3-2-6-19-9/h2-3,6H,4-5,7-8H2,1H3,(H,14,17). The van der Waals surface area contributed by atoms with E-state index in [1.807, 2.05) is 0 Å². The summed E-state index contributed by atoms with van der Waals surface area (Å²) >= 11 is 0. The molecule has 7 heteroatoms. The predicted molar refractivity (Wildman–Crippen MR) is 63.0 cm³/mol. The second-order valence-electron chi connectivity index (χ2n) is 4.37. The van der Waals surface area contributed by atoms with Gasteiger partial charge in [-0.3, -0.25) is 0 Å². The van der Waals surface area contributed by atoms with Crippen LogP contribution in [0, 0.1) is 0 Å². The fourth-order valence-electron chi connectivity index (χ4n) is 1.98. The lowest BCUT2D eigenvalue weighted by Crippen LogP contribution is -2.43. The summed E-state index contributed by atoms with van der Waals surface area (Å²) in [4.78, 5) is 24.3. The largest absolute Gasteiger partial charge is 0.467 e. The van der Waals surface area contributed by atoms with Gasteiger partial charge in [0.25, 0.3) is 0 Å². The number of amides is 2. The van der Waals surface area contributed by atoms with Gasteiger partial charge in [0, 0.05) is 13.0 Å². The van der Waals surface area contributed by atoms with Gasteiger partial charge in [0.05, 0.1) is 26.5 Å². The van der Waals surface area contributed by atoms with Gasteiger partial charge in [-0.2, -0.15) is 0 Å². The number of methoxy groups -OCH3 is 1. The van der Waals surface area contributed by atoms with Crippen molar-refractivity contribution < 1.29 is 23.1 Å². The van der Waals surface area contributed by atoms with Gasteiger partial charge in [-0.15, -0.1) is 0 Å². The fourth-order valence-corrected chi connectivity index (χ4v) is 1.98. The van der Waals surface area contributed by atoms with Crippen LogP contribution in [0.25, 0.3) is 0 Å². The Morgan fingerprint density at radius 1 is 1.63 bits per heavy atom. The minimum Gasteiger partial charge on any atom is -0.467 e. The van der Waals surface area contributed by atoms with E-state index in [1.54, 1.807) is 12.1 Å². The molecular weight excluding hydrogens is 255 g/mol. The Morgan fingerprint density at radius 3 is 3.05 bits per heavy atom. The van der Waals surface area contributed by atoms with Gasteiger partial charge in [0.1, 0.15) is 5.76 Å². The van der Waals surface area contributed by atoms with Gasteiger partial charge in [0.2, 0.25) is 5.67 Å². The summed E-state index contributed by atoms with van der Waals surface area (Å²) in [7, 11) is 1.13. The average molecular weight is 270 g/mol. The minimum atomic E-state index is -2.10. The highest BCUT2D eigenvalue weighted by Gasteiger charge is 2.47. The monoisotopic (exact) mass is 270 g/mol. The van der Waals surface area contributed by atoms with E-state index in [-0.39, 0.29) is 26.1 Å². The molecule has 0 bridgehead atoms. The van der Waals surface area contributed by atoms with Gasteiger partial charge in [-0.25, -0.2) is 14.0 Å². The Kier molecular flexibility index (Phi) is 3.73. The third-order valence-corrected chi connectivity index (χ3v) is 3.05. The van der Waals surface area contributed by atoms with Gasteiger partial charge in [0.15, 0.2) is 0 Å². The zero-order chi connectivity index (χ0) is 13.9. The van der Waals surface area contributed by atoms with E-state index in [1.165, 1.54) is 11.2 Å². The Labute approximate surface area is 109 Å². The van der Waals surface area contributed by atoms with E-state index in [4.69, 9.17) is 4.42 Å². The molecule has 0 radical (unpaired) electrons. The van der Waals surface area contributed by atoms with Crippen LogP contribution in [-0.4, -0.2) is 42.8 Å². The van der Waals surface area contributed by atoms with Crippen molar-refractivity contribution in [1.29, 1.82) is 0 Å². The van der Waals surface area contributed by atoms with Crippen molar-refractivity contribution in [2.24, 2.45) is 0 Å². The fraction of sp³-hybridized carbons (Fsp3) is 0.500. The van der Waals surface area contributed by atoms with Crippen LogP contribution in [0.1, 0.15) is 12.2 Å². The number of urea groups is 1. The lowest BCUT2D eigenvalue weighted by atomic mass is 10.1. The first-order valence-electron chi connectivity index (χ1n) is 5.88. The van der Waals surface area contributed by atoms with Crippen molar-refractivity contribution in [2.45, 2.75) is 18.6 Å². The highest BCUT2D eigenvalue weighted by molar-refractivity contribution is 5.82. The molecule has 1 N–H and O–H groups in total. The van der Waals surface area contributed by atoms with Crippen LogP contribution in [0.3, 0.4) is 0 Å². The number of nitrogens with zero attached hydrogens (tertiary/aromatic N) is 1. The minimum absolute atomic E-state index is 0.0478. The number of alkyl halides is 1. The van der Waals surface area contributed by atoms with E-state index in [0.717, 1.165) is 7.11 Å². The maximum Gasteiger partial charge on any atom is 0.345 e. The number of likely N-dealkylation sites (tertiary alicyclic amines) is 1. The molecule has 2 heterocycles. The molecule has 1 unspecified atom stereocenters. The smallest absolute Gasteiger partial charge is 0.345 e. The third-order valence-electron chi connectivity index (χ3n) is 3.05. The van der Waals surface area contributed by atoms with Crippen molar-refractivity contribution in [3.05, 3.63) is 24.2 Å². The Morgan fingerprint density at radius 2 is 2.42 bits per heavy atom. The number of esters is 1. The molecule has 1 aliphatic rings. The average Bonchev–Trinajstić information content (AvgIpc) is 3.05. The summed E-state index contributed by atoms with van der Waals surface area (Å²) in [5, 5.41) is 2.60. The number of hydrogen-bond acceptors (Lipinski definition) is 4. The topological polar surface area (TPSA) is 71.8 Å². The van der Waals surface area contributed by atoms with Crippen LogP contribution >= 0.6 is 0 Å². The van der Waals surface area contributed by atoms with Gasteiger partial charge < -0.3 is 19.4 Å². The number of carbonyl (C=O) groups excluding carboxylic acids is 2. The predicted octanol–water partition coefficient (Wildman–Crippen LogP) is 1.08. The first-order chi connectivity index (χ1) is 9.05. The molecule has 1 aliphatic heterocycles. The Balaban J connectivity index is 1.86. The SMILES string of the molecule is COC(=O)C1(F)CCN(C(=O)NCc2ccco2)C1. The molecule has 1 aromatic rings. The summed E-state index contributed by atoms with van der Waals surface area (Å²) in [5.41, 5.74) is -2.10. The van der Waals surface area contributed by atoms with E-state index in [0.29, 0.717) is 5.76 Å². The van der Waals surface area contributed by atoms with Crippen LogP contribution in [0.2, 0.25) is 0 Å². The maximum absolute atomic E-state index is 14.1. The van der Waals surface area contributed by atoms with E-state index < -0.39 is 17.7 Å². The highest BCUT2D eigenvalue weighted by Crippen LogP contribution is 2.26. The molecular formula is C12H15FN2O4. The van der Waals surface area contributed by atoms with Crippen molar-refractivity contribution in [3.8, 4) is 0 Å². The zero-order valence-corrected chi connectivity index (χ0v) is 10.5. The van der Waals surface area contributed by atoms with Crippen LogP contribution in [0.5, 0.6) is 0 Å². The van der Waals surface area contributed by atoms with Crippen molar-refractivity contribution >= 4 is 12.0 Å². The second-order valence-corrected chi connectivity index (χ2v) is 4.37. The van der Waals surface area contributed by atoms with Crippen LogP contribution < -0.4 is 5.32 Å². The molecule has 19 heavy (non-hydrogen) atoms. The van der Waals surface area contributed by atoms with Gasteiger partial charge >= 0.3 is 12.0 Å². The summed E-state index contributed by atoms with van der Waals surface area (Å²) in [6.07, 6.45) is 1.45. The number of hydrogen-bond donors (Lipinski definition) is 1. The highest BCUT2D eigenvalue weighted by atomic mass is 19.1. The third kappa shape index (κ3) is 2.86. The molecule has 1 saturated heterocycles. The lowest BCUT2D eigenvalue weighted by Gasteiger charge is -2.19. The van der Waals surface area contributed by atoms with E-state index in [9.17, 15) is 14.0 Å². The number of halogens is 1.